The standard InChI is InChI=1S/C27H39BrN4O4/c1-8-32(20-9-10-31(15-20)26(35)36-27(5,6)7)23-13-19(28)12-21(18(23)4)24(33)29-14-22-16(2)11-17(3)30-25(22)34/h11-13,16,20,22H,8-10,14-15H2,1-7H3,(H,29,33)(H,30,34). The Morgan fingerprint density at radius 2 is 1.97 bits per heavy atom. The molecule has 9 heteroatoms. The second-order valence-corrected chi connectivity index (χ2v) is 11.7. The average molecular weight is 564 g/mol. The van der Waals surface area contributed by atoms with Crippen molar-refractivity contribution in [2.24, 2.45) is 11.8 Å². The fourth-order valence-electron chi connectivity index (χ4n) is 4.97. The van der Waals surface area contributed by atoms with Gasteiger partial charge in [-0.2, -0.15) is 0 Å². The summed E-state index contributed by atoms with van der Waals surface area (Å²) in [6.07, 6.45) is 2.54. The molecule has 0 aliphatic carbocycles. The van der Waals surface area contributed by atoms with E-state index in [2.05, 4.69) is 38.4 Å². The molecule has 1 aromatic rings. The lowest BCUT2D eigenvalue weighted by Gasteiger charge is -2.32. The summed E-state index contributed by atoms with van der Waals surface area (Å²) in [5.41, 5.74) is 2.70. The number of likely N-dealkylation sites (tertiary alicyclic amines) is 1. The van der Waals surface area contributed by atoms with E-state index in [1.807, 2.05) is 59.8 Å². The van der Waals surface area contributed by atoms with Crippen LogP contribution in [0, 0.1) is 18.8 Å². The van der Waals surface area contributed by atoms with Gasteiger partial charge in [-0.25, -0.2) is 4.79 Å². The lowest BCUT2D eigenvalue weighted by molar-refractivity contribution is -0.125. The Bertz CT molecular complexity index is 1050. The molecule has 3 rings (SSSR count). The summed E-state index contributed by atoms with van der Waals surface area (Å²) in [5.74, 6) is -0.542. The highest BCUT2D eigenvalue weighted by Gasteiger charge is 2.34. The highest BCUT2D eigenvalue weighted by Crippen LogP contribution is 2.32. The number of hydrogen-bond donors (Lipinski definition) is 2. The summed E-state index contributed by atoms with van der Waals surface area (Å²) in [6.45, 7) is 15.7. The van der Waals surface area contributed by atoms with Crippen LogP contribution in [0.2, 0.25) is 0 Å². The van der Waals surface area contributed by atoms with Gasteiger partial charge in [0.15, 0.2) is 0 Å². The van der Waals surface area contributed by atoms with Crippen LogP contribution in [0.3, 0.4) is 0 Å². The van der Waals surface area contributed by atoms with Crippen molar-refractivity contribution < 1.29 is 19.1 Å². The maximum absolute atomic E-state index is 13.2. The lowest BCUT2D eigenvalue weighted by atomic mass is 9.89. The number of halogens is 1. The highest BCUT2D eigenvalue weighted by atomic mass is 79.9. The number of carbonyl (C=O) groups is 3. The molecule has 3 amide bonds. The van der Waals surface area contributed by atoms with E-state index in [0.717, 1.165) is 34.4 Å². The molecule has 0 radical (unpaired) electrons. The minimum atomic E-state index is -0.534. The quantitative estimate of drug-likeness (QED) is 0.528. The van der Waals surface area contributed by atoms with Crippen molar-refractivity contribution in [3.63, 3.8) is 0 Å². The van der Waals surface area contributed by atoms with Crippen molar-refractivity contribution in [1.29, 1.82) is 0 Å². The molecule has 0 spiro atoms. The maximum Gasteiger partial charge on any atom is 0.410 e. The summed E-state index contributed by atoms with van der Waals surface area (Å²) in [4.78, 5) is 42.2. The summed E-state index contributed by atoms with van der Waals surface area (Å²) in [7, 11) is 0. The van der Waals surface area contributed by atoms with Crippen LogP contribution in [-0.2, 0) is 9.53 Å². The summed E-state index contributed by atoms with van der Waals surface area (Å²) in [5, 5.41) is 5.82. The number of benzene rings is 1. The molecule has 2 heterocycles. The first kappa shape index (κ1) is 28.0. The number of rotatable bonds is 6. The Morgan fingerprint density at radius 1 is 1.28 bits per heavy atom. The number of anilines is 1. The number of ether oxygens (including phenoxy) is 1. The number of hydrogen-bond acceptors (Lipinski definition) is 5. The Labute approximate surface area is 222 Å². The van der Waals surface area contributed by atoms with Crippen LogP contribution >= 0.6 is 15.9 Å². The topological polar surface area (TPSA) is 91.0 Å². The molecule has 1 fully saturated rings. The van der Waals surface area contributed by atoms with E-state index in [4.69, 9.17) is 4.74 Å². The van der Waals surface area contributed by atoms with Gasteiger partial charge in [0.05, 0.1) is 5.92 Å². The van der Waals surface area contributed by atoms with Crippen molar-refractivity contribution in [2.45, 2.75) is 66.5 Å². The molecular formula is C27H39BrN4O4. The SMILES string of the molecule is CCN(c1cc(Br)cc(C(=O)NCC2C(=O)NC(C)=CC2C)c1C)C1CCN(C(=O)OC(C)(C)C)C1. The van der Waals surface area contributed by atoms with Gasteiger partial charge in [-0.15, -0.1) is 0 Å². The van der Waals surface area contributed by atoms with E-state index < -0.39 is 5.60 Å². The molecule has 2 aliphatic rings. The third-order valence-electron chi connectivity index (χ3n) is 6.78. The van der Waals surface area contributed by atoms with E-state index in [1.54, 1.807) is 4.90 Å². The van der Waals surface area contributed by atoms with Gasteiger partial charge in [0.25, 0.3) is 5.91 Å². The Balaban J connectivity index is 1.75. The second kappa shape index (κ2) is 11.2. The summed E-state index contributed by atoms with van der Waals surface area (Å²) >= 11 is 3.58. The van der Waals surface area contributed by atoms with Crippen molar-refractivity contribution in [3.8, 4) is 0 Å². The minimum absolute atomic E-state index is 0.0454. The van der Waals surface area contributed by atoms with Crippen molar-refractivity contribution in [1.82, 2.24) is 15.5 Å². The number of nitrogens with one attached hydrogen (secondary N) is 2. The van der Waals surface area contributed by atoms with Crippen LogP contribution in [0.1, 0.15) is 63.9 Å². The first-order valence-electron chi connectivity index (χ1n) is 12.6. The third kappa shape index (κ3) is 6.60. The molecule has 0 aromatic heterocycles. The van der Waals surface area contributed by atoms with Crippen LogP contribution in [-0.4, -0.2) is 60.6 Å². The molecule has 0 bridgehead atoms. The monoisotopic (exact) mass is 562 g/mol. The first-order valence-corrected chi connectivity index (χ1v) is 13.4. The van der Waals surface area contributed by atoms with Gasteiger partial charge in [0, 0.05) is 53.6 Å². The van der Waals surface area contributed by atoms with Crippen molar-refractivity contribution >= 4 is 39.5 Å². The molecule has 2 aliphatic heterocycles. The van der Waals surface area contributed by atoms with Gasteiger partial charge < -0.3 is 25.2 Å². The average Bonchev–Trinajstić information content (AvgIpc) is 3.24. The number of likely N-dealkylation sites (N-methyl/N-ethyl adjacent to an activating group) is 1. The lowest BCUT2D eigenvalue weighted by Crippen LogP contribution is -2.44. The zero-order valence-electron chi connectivity index (χ0n) is 22.4. The zero-order valence-corrected chi connectivity index (χ0v) is 24.0. The number of amides is 3. The molecule has 198 valence electrons. The summed E-state index contributed by atoms with van der Waals surface area (Å²) in [6, 6.07) is 3.96. The fraction of sp³-hybridized carbons (Fsp3) is 0.593. The van der Waals surface area contributed by atoms with Crippen LogP contribution in [0.5, 0.6) is 0 Å². The van der Waals surface area contributed by atoms with Gasteiger partial charge in [-0.1, -0.05) is 28.9 Å². The Hall–Kier alpha value is -2.55. The highest BCUT2D eigenvalue weighted by molar-refractivity contribution is 9.10. The Morgan fingerprint density at radius 3 is 2.58 bits per heavy atom. The predicted molar refractivity (Wildman–Crippen MR) is 145 cm³/mol. The molecule has 3 atom stereocenters. The third-order valence-corrected chi connectivity index (χ3v) is 7.24. The van der Waals surface area contributed by atoms with E-state index in [9.17, 15) is 14.4 Å². The molecule has 1 aromatic carbocycles. The molecule has 1 saturated heterocycles. The van der Waals surface area contributed by atoms with Gasteiger partial charge in [0.1, 0.15) is 5.60 Å². The summed E-state index contributed by atoms with van der Waals surface area (Å²) < 4.78 is 6.36. The molecule has 8 nitrogen and oxygen atoms in total. The van der Waals surface area contributed by atoms with E-state index >= 15 is 0 Å². The molecule has 0 saturated carbocycles. The van der Waals surface area contributed by atoms with Crippen LogP contribution in [0.15, 0.2) is 28.4 Å². The fourth-order valence-corrected chi connectivity index (χ4v) is 5.41. The first-order chi connectivity index (χ1) is 16.8. The number of carbonyl (C=O) groups excluding carboxylic acids is 3. The van der Waals surface area contributed by atoms with Gasteiger partial charge in [-0.05, 0) is 71.6 Å². The molecule has 2 N–H and O–H groups in total. The largest absolute Gasteiger partial charge is 0.444 e. The van der Waals surface area contributed by atoms with Crippen LogP contribution < -0.4 is 15.5 Å². The van der Waals surface area contributed by atoms with Crippen LogP contribution in [0.4, 0.5) is 10.5 Å². The molecule has 36 heavy (non-hydrogen) atoms. The maximum atomic E-state index is 13.2. The number of nitrogens with zero attached hydrogens (tertiary/aromatic N) is 2. The van der Waals surface area contributed by atoms with Gasteiger partial charge >= 0.3 is 6.09 Å². The van der Waals surface area contributed by atoms with Gasteiger partial charge in [-0.3, -0.25) is 9.59 Å². The number of allylic oxidation sites excluding steroid dienone is 2. The van der Waals surface area contributed by atoms with Crippen molar-refractivity contribution in [3.05, 3.63) is 39.5 Å². The predicted octanol–water partition coefficient (Wildman–Crippen LogP) is 4.61. The van der Waals surface area contributed by atoms with Crippen molar-refractivity contribution in [2.75, 3.05) is 31.1 Å². The van der Waals surface area contributed by atoms with E-state index in [1.165, 1.54) is 0 Å². The van der Waals surface area contributed by atoms with Gasteiger partial charge in [0.2, 0.25) is 5.91 Å². The van der Waals surface area contributed by atoms with E-state index in [0.29, 0.717) is 18.7 Å². The Kier molecular flexibility index (Phi) is 8.75. The minimum Gasteiger partial charge on any atom is -0.444 e. The molecule has 3 unspecified atom stereocenters. The molecular weight excluding hydrogens is 524 g/mol. The normalized spacial score (nSPS) is 22.1. The zero-order chi connectivity index (χ0) is 26.8. The van der Waals surface area contributed by atoms with Crippen LogP contribution in [0.25, 0.3) is 0 Å². The second-order valence-electron chi connectivity index (χ2n) is 10.8. The van der Waals surface area contributed by atoms with E-state index in [-0.39, 0.29) is 42.3 Å². The smallest absolute Gasteiger partial charge is 0.410 e.